The third kappa shape index (κ3) is 8.40. The normalized spacial score (nSPS) is 14.0. The van der Waals surface area contributed by atoms with Gasteiger partial charge in [-0.25, -0.2) is 0 Å². The zero-order valence-corrected chi connectivity index (χ0v) is 25.4. The van der Waals surface area contributed by atoms with Crippen LogP contribution in [0.15, 0.2) is 34.4 Å². The van der Waals surface area contributed by atoms with Crippen molar-refractivity contribution in [1.82, 2.24) is 5.32 Å². The first kappa shape index (κ1) is 29.5. The molecular weight excluding hydrogens is 657 g/mol. The van der Waals surface area contributed by atoms with Crippen LogP contribution in [0.1, 0.15) is 61.4 Å². The molecule has 0 aliphatic heterocycles. The Balaban J connectivity index is 0.000000641. The van der Waals surface area contributed by atoms with Gasteiger partial charge in [-0.2, -0.15) is 0 Å². The molecule has 1 heterocycles. The predicted octanol–water partition coefficient (Wildman–Crippen LogP) is 4.54. The Kier molecular flexibility index (Phi) is 11.4. The topological polar surface area (TPSA) is 79.2 Å². The molecule has 0 atom stereocenters. The Morgan fingerprint density at radius 3 is 2.54 bits per heavy atom. The van der Waals surface area contributed by atoms with Gasteiger partial charge in [-0.05, 0) is 12.8 Å². The zero-order valence-electron chi connectivity index (χ0n) is 21.1. The molecular formula is C26H31NO6VW-2. The van der Waals surface area contributed by atoms with Gasteiger partial charge in [0.25, 0.3) is 0 Å². The number of fused-ring (bicyclic) bond motifs is 1. The van der Waals surface area contributed by atoms with Crippen LogP contribution in [0.25, 0.3) is 0 Å². The van der Waals surface area contributed by atoms with Crippen LogP contribution in [0.4, 0.5) is 0 Å². The monoisotopic (exact) mass is 688 g/mol. The number of carbonyl (C=O) groups is 1. The standard InChI is InChI=1S/C22H24NO5.C4H7O.V.W/c1-14-10-15-8-9-22(2,3)17(15)11-19(14)28-20-7-6-18(27-20)21(24)23-16(12-25-4)13-26-5;1-4(2)5-3;;/h6-7,10-11H,8-9H2,1-5H3,(H,23,24);4H,1-2H3;;/q2*-1;;. The summed E-state index contributed by atoms with van der Waals surface area (Å²) in [5, 5.41) is 2.63. The fourth-order valence-corrected chi connectivity index (χ4v) is 4.33. The summed E-state index contributed by atoms with van der Waals surface area (Å²) in [7, 11) is 2.91. The van der Waals surface area contributed by atoms with E-state index in [-0.39, 0.29) is 22.8 Å². The molecule has 1 aliphatic carbocycles. The van der Waals surface area contributed by atoms with Gasteiger partial charge < -0.3 is 0 Å². The average molecular weight is 688 g/mol. The van der Waals surface area contributed by atoms with Crippen molar-refractivity contribution < 1.29 is 64.5 Å². The fourth-order valence-electron chi connectivity index (χ4n) is 3.48. The van der Waals surface area contributed by atoms with E-state index in [0.29, 0.717) is 10.5 Å². The minimum absolute atomic E-state index is 0.103. The van der Waals surface area contributed by atoms with E-state index in [4.69, 9.17) is 23.4 Å². The molecule has 1 aliphatic rings. The van der Waals surface area contributed by atoms with E-state index in [1.54, 1.807) is 12.1 Å². The second-order valence-electron chi connectivity index (χ2n) is 8.77. The van der Waals surface area contributed by atoms with Gasteiger partial charge in [0.2, 0.25) is 0 Å². The molecule has 0 saturated heterocycles. The molecule has 1 aromatic heterocycles. The first-order valence-corrected chi connectivity index (χ1v) is 13.2. The second kappa shape index (κ2) is 13.5. The average Bonchev–Trinajstić information content (AvgIpc) is 3.38. The van der Waals surface area contributed by atoms with Crippen LogP contribution >= 0.6 is 0 Å². The minimum atomic E-state index is -0.466. The van der Waals surface area contributed by atoms with Crippen LogP contribution in [0.3, 0.4) is 0 Å². The zero-order chi connectivity index (χ0) is 26.2. The van der Waals surface area contributed by atoms with Crippen LogP contribution in [0.2, 0.25) is 0 Å². The number of ether oxygens (including phenoxy) is 4. The van der Waals surface area contributed by atoms with Crippen molar-refractivity contribution in [1.29, 1.82) is 0 Å². The van der Waals surface area contributed by atoms with Crippen LogP contribution in [0, 0.1) is 13.2 Å². The van der Waals surface area contributed by atoms with Gasteiger partial charge >= 0.3 is 202 Å². The Bertz CT molecular complexity index is 1090. The van der Waals surface area contributed by atoms with E-state index in [1.807, 2.05) is 20.8 Å². The number of carbonyl (C=O) groups excluding carboxylic acids is 1. The van der Waals surface area contributed by atoms with Gasteiger partial charge in [-0.15, -0.1) is 0 Å². The van der Waals surface area contributed by atoms with E-state index >= 15 is 0 Å². The third-order valence-corrected chi connectivity index (χ3v) is 6.28. The number of methoxy groups -OCH3 is 2. The summed E-state index contributed by atoms with van der Waals surface area (Å²) in [4.78, 5) is 12.5. The van der Waals surface area contributed by atoms with E-state index in [1.165, 1.54) is 44.7 Å². The molecule has 0 spiro atoms. The molecule has 7 nitrogen and oxygen atoms in total. The molecule has 1 N–H and O–H groups in total. The number of hydrogen-bond acceptors (Lipinski definition) is 6. The number of hydrogen-bond donors (Lipinski definition) is 1. The quantitative estimate of drug-likeness (QED) is 0.308. The van der Waals surface area contributed by atoms with Gasteiger partial charge in [0.05, 0.1) is 0 Å². The first-order chi connectivity index (χ1) is 16.5. The van der Waals surface area contributed by atoms with Crippen LogP contribution in [-0.2, 0) is 62.4 Å². The van der Waals surface area contributed by atoms with Gasteiger partial charge in [0.1, 0.15) is 0 Å². The Labute approximate surface area is 227 Å². The summed E-state index contributed by atoms with van der Waals surface area (Å²) >= 11 is 3.44. The number of amides is 1. The number of furan rings is 1. The molecule has 35 heavy (non-hydrogen) atoms. The van der Waals surface area contributed by atoms with Crippen molar-refractivity contribution in [2.75, 3.05) is 14.2 Å². The molecule has 0 bridgehead atoms. The summed E-state index contributed by atoms with van der Waals surface area (Å²) in [6.45, 7) is 10.5. The number of nitrogens with one attached hydrogen (secondary N) is 1. The summed E-state index contributed by atoms with van der Waals surface area (Å²) in [5.41, 5.74) is 4.10. The molecule has 0 unspecified atom stereocenters. The molecule has 0 fully saturated rings. The van der Waals surface area contributed by atoms with E-state index in [9.17, 15) is 4.79 Å². The molecule has 1 amide bonds. The van der Waals surface area contributed by atoms with E-state index in [0.717, 1.165) is 24.2 Å². The van der Waals surface area contributed by atoms with Crippen molar-refractivity contribution >= 4 is 14.9 Å². The van der Waals surface area contributed by atoms with Crippen molar-refractivity contribution in [3.8, 4) is 11.7 Å². The molecule has 0 radical (unpaired) electrons. The molecule has 1 aromatic carbocycles. The van der Waals surface area contributed by atoms with E-state index in [2.05, 4.69) is 59.1 Å². The second-order valence-corrected chi connectivity index (χ2v) is 10.0. The summed E-state index contributed by atoms with van der Waals surface area (Å²) < 4.78 is 29.4. The van der Waals surface area contributed by atoms with Crippen molar-refractivity contribution in [2.24, 2.45) is 0 Å². The van der Waals surface area contributed by atoms with Gasteiger partial charge in [-0.3, -0.25) is 0 Å². The molecule has 9 heteroatoms. The van der Waals surface area contributed by atoms with Crippen LogP contribution < -0.4 is 10.1 Å². The Morgan fingerprint density at radius 2 is 1.97 bits per heavy atom. The van der Waals surface area contributed by atoms with Crippen LogP contribution in [0.5, 0.6) is 11.7 Å². The Hall–Kier alpha value is -1.76. The fraction of sp³-hybridized carbons (Fsp3) is 0.423. The molecule has 3 rings (SSSR count). The summed E-state index contributed by atoms with van der Waals surface area (Å²) in [6, 6.07) is 7.44. The predicted molar refractivity (Wildman–Crippen MR) is 126 cm³/mol. The SMILES string of the molecule is CC(C)O[C-]=[W].CO[C-]=C(NC(=O)c1ccc(Oc2cc3c(cc2C)CCC3(C)C)o1)[C](=[V])OC. The van der Waals surface area contributed by atoms with Gasteiger partial charge in [0, 0.05) is 0 Å². The van der Waals surface area contributed by atoms with Gasteiger partial charge in [0.15, 0.2) is 0 Å². The first-order valence-electron chi connectivity index (χ1n) is 11.0. The maximum absolute atomic E-state index is 12.5. The number of aryl methyl sites for hydroxylation is 2. The van der Waals surface area contributed by atoms with Crippen LogP contribution in [-0.4, -0.2) is 35.2 Å². The molecule has 2 aromatic rings. The van der Waals surface area contributed by atoms with Crippen molar-refractivity contribution in [3.05, 3.63) is 58.7 Å². The maximum atomic E-state index is 12.5. The number of benzene rings is 1. The summed E-state index contributed by atoms with van der Waals surface area (Å²) in [5.74, 6) is 0.616. The Morgan fingerprint density at radius 1 is 1.26 bits per heavy atom. The number of rotatable bonds is 9. The third-order valence-electron chi connectivity index (χ3n) is 5.30. The van der Waals surface area contributed by atoms with Crippen molar-refractivity contribution in [3.63, 3.8) is 0 Å². The molecule has 189 valence electrons. The van der Waals surface area contributed by atoms with E-state index < -0.39 is 5.91 Å². The molecule has 0 saturated carbocycles. The van der Waals surface area contributed by atoms with Gasteiger partial charge in [-0.1, -0.05) is 13.8 Å². The summed E-state index contributed by atoms with van der Waals surface area (Å²) in [6.07, 6.45) is 5.07. The van der Waals surface area contributed by atoms with Crippen molar-refractivity contribution in [2.45, 2.75) is 59.0 Å².